The van der Waals surface area contributed by atoms with E-state index in [1.165, 1.54) is 0 Å². The fourth-order valence-corrected chi connectivity index (χ4v) is 3.13. The number of nitrogens with zero attached hydrogens (tertiary/aromatic N) is 2. The van der Waals surface area contributed by atoms with E-state index < -0.39 is 39.5 Å². The van der Waals surface area contributed by atoms with Crippen molar-refractivity contribution < 1.29 is 18.3 Å². The molecule has 1 heterocycles. The summed E-state index contributed by atoms with van der Waals surface area (Å²) in [5.41, 5.74) is 3.00. The summed E-state index contributed by atoms with van der Waals surface area (Å²) in [4.78, 5) is 28.0. The minimum atomic E-state index is -1.07. The highest BCUT2D eigenvalue weighted by Crippen LogP contribution is 2.33. The van der Waals surface area contributed by atoms with Gasteiger partial charge in [-0.05, 0) is 25.9 Å². The molecule has 2 rings (SSSR count). The van der Waals surface area contributed by atoms with Crippen molar-refractivity contribution >= 4 is 17.5 Å². The molecule has 0 saturated carbocycles. The maximum Gasteiger partial charge on any atom is 0.282 e. The zero-order chi connectivity index (χ0) is 22.4. The Kier molecular flexibility index (Phi) is 8.31. The number of carbonyl (C=O) groups excluding carboxylic acids is 1. The van der Waals surface area contributed by atoms with Crippen LogP contribution in [0.25, 0.3) is 11.3 Å². The van der Waals surface area contributed by atoms with Crippen LogP contribution >= 0.6 is 11.6 Å². The van der Waals surface area contributed by atoms with E-state index in [0.29, 0.717) is 19.4 Å². The smallest absolute Gasteiger partial charge is 0.282 e. The first-order valence-corrected chi connectivity index (χ1v) is 9.95. The Morgan fingerprint density at radius 3 is 2.53 bits per heavy atom. The van der Waals surface area contributed by atoms with E-state index in [1.54, 1.807) is 7.05 Å². The van der Waals surface area contributed by atoms with Gasteiger partial charge >= 0.3 is 0 Å². The maximum absolute atomic E-state index is 14.9. The summed E-state index contributed by atoms with van der Waals surface area (Å²) >= 11 is 6.16. The molecule has 7 nitrogen and oxygen atoms in total. The molecule has 1 atom stereocenters. The summed E-state index contributed by atoms with van der Waals surface area (Å²) < 4.78 is 36.3. The summed E-state index contributed by atoms with van der Waals surface area (Å²) in [6.07, 6.45) is 1.34. The van der Waals surface area contributed by atoms with Crippen LogP contribution in [0.1, 0.15) is 37.2 Å². The molecule has 30 heavy (non-hydrogen) atoms. The van der Waals surface area contributed by atoms with E-state index in [9.17, 15) is 18.4 Å². The van der Waals surface area contributed by atoms with E-state index in [1.807, 2.05) is 13.8 Å². The first-order chi connectivity index (χ1) is 14.2. The van der Waals surface area contributed by atoms with Crippen molar-refractivity contribution in [3.8, 4) is 17.0 Å². The molecule has 0 aliphatic carbocycles. The largest absolute Gasteiger partial charge is 0.493 e. The van der Waals surface area contributed by atoms with Gasteiger partial charge in [0.25, 0.3) is 11.5 Å². The summed E-state index contributed by atoms with van der Waals surface area (Å²) in [5, 5.41) is 2.55. The Morgan fingerprint density at radius 1 is 1.37 bits per heavy atom. The second-order valence-electron chi connectivity index (χ2n) is 6.96. The molecule has 0 saturated heterocycles. The minimum Gasteiger partial charge on any atom is -0.493 e. The predicted molar refractivity (Wildman–Crippen MR) is 111 cm³/mol. The lowest BCUT2D eigenvalue weighted by Crippen LogP contribution is -2.34. The molecule has 1 aromatic heterocycles. The van der Waals surface area contributed by atoms with Crippen LogP contribution < -0.4 is 21.3 Å². The van der Waals surface area contributed by atoms with E-state index in [0.717, 1.165) is 16.7 Å². The molecule has 3 N–H and O–H groups in total. The number of ether oxygens (including phenoxy) is 1. The standard InChI is InChI=1S/C20H25ClF2N4O3/c1-4-11(2)10-27-17(18(21)26-16(19(24)28)20(27)29)15-13(22)8-12(9-14(15)23)30-7-5-6-25-3/h8-9,11,25H,4-7,10H2,1-3H3,(H2,24,28)/t11-/m0/s1. The van der Waals surface area contributed by atoms with Crippen molar-refractivity contribution in [2.75, 3.05) is 20.2 Å². The molecule has 0 radical (unpaired) electrons. The molecular weight excluding hydrogens is 418 g/mol. The number of hydrogen-bond donors (Lipinski definition) is 2. The number of halogens is 3. The molecular formula is C20H25ClF2N4O3. The van der Waals surface area contributed by atoms with Crippen LogP contribution in [0.5, 0.6) is 5.75 Å². The fraction of sp³-hybridized carbons (Fsp3) is 0.450. The molecule has 1 amide bonds. The van der Waals surface area contributed by atoms with Crippen LogP contribution in [-0.2, 0) is 6.54 Å². The average Bonchev–Trinajstić information content (AvgIpc) is 2.68. The van der Waals surface area contributed by atoms with Crippen molar-refractivity contribution in [2.45, 2.75) is 33.2 Å². The molecule has 1 aromatic carbocycles. The number of benzene rings is 1. The number of primary amides is 1. The van der Waals surface area contributed by atoms with Crippen molar-refractivity contribution in [1.82, 2.24) is 14.9 Å². The van der Waals surface area contributed by atoms with Gasteiger partial charge in [-0.3, -0.25) is 9.59 Å². The SMILES string of the molecule is CC[C@H](C)Cn1c(-c2c(F)cc(OCCCNC)cc2F)c(Cl)nc(C(N)=O)c1=O. The van der Waals surface area contributed by atoms with Crippen molar-refractivity contribution in [3.63, 3.8) is 0 Å². The molecule has 10 heteroatoms. The van der Waals surface area contributed by atoms with E-state index >= 15 is 0 Å². The quantitative estimate of drug-likeness (QED) is 0.551. The highest BCUT2D eigenvalue weighted by Gasteiger charge is 2.25. The second kappa shape index (κ2) is 10.5. The second-order valence-corrected chi connectivity index (χ2v) is 7.32. The third-order valence-electron chi connectivity index (χ3n) is 4.64. The predicted octanol–water partition coefficient (Wildman–Crippen LogP) is 2.98. The van der Waals surface area contributed by atoms with Crippen molar-refractivity contribution in [2.24, 2.45) is 11.7 Å². The number of rotatable bonds is 10. The lowest BCUT2D eigenvalue weighted by molar-refractivity contribution is 0.0993. The maximum atomic E-state index is 14.9. The normalized spacial score (nSPS) is 12.1. The van der Waals surface area contributed by atoms with Gasteiger partial charge in [0, 0.05) is 18.7 Å². The van der Waals surface area contributed by atoms with Crippen LogP contribution in [0.15, 0.2) is 16.9 Å². The van der Waals surface area contributed by atoms with Gasteiger partial charge in [-0.2, -0.15) is 0 Å². The number of hydrogen-bond acceptors (Lipinski definition) is 5. The minimum absolute atomic E-state index is 0.0125. The zero-order valence-corrected chi connectivity index (χ0v) is 17.9. The van der Waals surface area contributed by atoms with Gasteiger partial charge in [-0.25, -0.2) is 13.8 Å². The summed E-state index contributed by atoms with van der Waals surface area (Å²) in [6.45, 7) is 4.79. The third kappa shape index (κ3) is 5.34. The first-order valence-electron chi connectivity index (χ1n) is 9.58. The fourth-order valence-electron chi connectivity index (χ4n) is 2.85. The van der Waals surface area contributed by atoms with Gasteiger partial charge < -0.3 is 20.4 Å². The number of amides is 1. The molecule has 164 valence electrons. The first kappa shape index (κ1) is 23.8. The highest BCUT2D eigenvalue weighted by atomic mass is 35.5. The van der Waals surface area contributed by atoms with Crippen LogP contribution in [0.3, 0.4) is 0 Å². The molecule has 0 fully saturated rings. The topological polar surface area (TPSA) is 99.2 Å². The Bertz CT molecular complexity index is 958. The van der Waals surface area contributed by atoms with E-state index in [4.69, 9.17) is 22.1 Å². The van der Waals surface area contributed by atoms with Crippen molar-refractivity contribution in [3.05, 3.63) is 45.0 Å². The highest BCUT2D eigenvalue weighted by molar-refractivity contribution is 6.32. The number of nitrogens with one attached hydrogen (secondary N) is 1. The van der Waals surface area contributed by atoms with E-state index in [2.05, 4.69) is 10.3 Å². The van der Waals surface area contributed by atoms with E-state index in [-0.39, 0.29) is 30.5 Å². The van der Waals surface area contributed by atoms with Gasteiger partial charge in [-0.1, -0.05) is 31.9 Å². The molecule has 0 unspecified atom stereocenters. The number of aromatic nitrogens is 2. The molecule has 0 aliphatic heterocycles. The number of carbonyl (C=O) groups is 1. The Labute approximate surface area is 178 Å². The summed E-state index contributed by atoms with van der Waals surface area (Å²) in [5.74, 6) is -3.03. The van der Waals surface area contributed by atoms with Gasteiger partial charge in [0.15, 0.2) is 10.8 Å². The lowest BCUT2D eigenvalue weighted by atomic mass is 10.1. The Morgan fingerprint density at radius 2 is 2.00 bits per heavy atom. The molecule has 0 bridgehead atoms. The Hall–Kier alpha value is -2.52. The monoisotopic (exact) mass is 442 g/mol. The van der Waals surface area contributed by atoms with Gasteiger partial charge in [0.1, 0.15) is 17.4 Å². The van der Waals surface area contributed by atoms with Crippen molar-refractivity contribution in [1.29, 1.82) is 0 Å². The molecule has 2 aromatic rings. The summed E-state index contributed by atoms with van der Waals surface area (Å²) in [7, 11) is 1.79. The van der Waals surface area contributed by atoms with Crippen LogP contribution in [0.2, 0.25) is 5.15 Å². The van der Waals surface area contributed by atoms with Crippen LogP contribution in [0, 0.1) is 17.6 Å². The third-order valence-corrected chi connectivity index (χ3v) is 4.90. The average molecular weight is 443 g/mol. The van der Waals surface area contributed by atoms with Crippen LogP contribution in [-0.4, -0.2) is 35.7 Å². The zero-order valence-electron chi connectivity index (χ0n) is 17.1. The van der Waals surface area contributed by atoms with Gasteiger partial charge in [0.05, 0.1) is 17.9 Å². The Balaban J connectivity index is 2.61. The molecule has 0 aliphatic rings. The molecule has 0 spiro atoms. The van der Waals surface area contributed by atoms with Gasteiger partial charge in [-0.15, -0.1) is 0 Å². The summed E-state index contributed by atoms with van der Waals surface area (Å²) in [6, 6.07) is 2.04. The number of nitrogens with two attached hydrogens (primary N) is 1. The van der Waals surface area contributed by atoms with Crippen LogP contribution in [0.4, 0.5) is 8.78 Å². The lowest BCUT2D eigenvalue weighted by Gasteiger charge is -2.19. The van der Waals surface area contributed by atoms with Gasteiger partial charge in [0.2, 0.25) is 0 Å².